The van der Waals surface area contributed by atoms with Gasteiger partial charge in [0.15, 0.2) is 0 Å². The Hall–Kier alpha value is 0.196. The minimum atomic E-state index is -0.375. The van der Waals surface area contributed by atoms with E-state index in [4.69, 9.17) is 0 Å². The van der Waals surface area contributed by atoms with Crippen molar-refractivity contribution in [2.45, 2.75) is 0 Å². The molecule has 0 atom stereocenters. The van der Waals surface area contributed by atoms with E-state index in [9.17, 15) is 4.39 Å². The molecule has 1 aromatic carbocycles. The molecule has 0 aliphatic rings. The average Bonchev–Trinajstić information content (AvgIpc) is 1.89. The topological polar surface area (TPSA) is 9.23 Å². The minimum Gasteiger partial charge on any atom is -1.00 e. The maximum atomic E-state index is 12.4. The van der Waals surface area contributed by atoms with E-state index in [1.165, 1.54) is 19.2 Å². The SMILES string of the molecule is COc1cc[c-]cc1F.[Br-].[Mg+2]. The molecular formula is C7H6BrFMgO. The van der Waals surface area contributed by atoms with Crippen LogP contribution in [0.25, 0.3) is 0 Å². The molecule has 56 valence electrons. The summed E-state index contributed by atoms with van der Waals surface area (Å²) < 4.78 is 17.1. The van der Waals surface area contributed by atoms with Crippen LogP contribution in [0.1, 0.15) is 0 Å². The maximum Gasteiger partial charge on any atom is 2.00 e. The monoisotopic (exact) mass is 228 g/mol. The Bertz CT molecular complexity index is 207. The third kappa shape index (κ3) is 3.93. The van der Waals surface area contributed by atoms with Crippen molar-refractivity contribution < 1.29 is 26.1 Å². The van der Waals surface area contributed by atoms with Crippen molar-refractivity contribution in [2.24, 2.45) is 0 Å². The third-order valence-corrected chi connectivity index (χ3v) is 0.996. The summed E-state index contributed by atoms with van der Waals surface area (Å²) in [5.41, 5.74) is 0. The fourth-order valence-electron chi connectivity index (χ4n) is 0.561. The predicted octanol–water partition coefficient (Wildman–Crippen LogP) is -1.74. The van der Waals surface area contributed by atoms with E-state index >= 15 is 0 Å². The Morgan fingerprint density at radius 1 is 1.55 bits per heavy atom. The summed E-state index contributed by atoms with van der Waals surface area (Å²) in [6, 6.07) is 6.94. The Morgan fingerprint density at radius 2 is 2.18 bits per heavy atom. The second-order valence-electron chi connectivity index (χ2n) is 1.56. The van der Waals surface area contributed by atoms with Crippen molar-refractivity contribution >= 4 is 23.1 Å². The molecule has 1 aromatic rings. The number of ether oxygens (including phenoxy) is 1. The van der Waals surface area contributed by atoms with Gasteiger partial charge in [0, 0.05) is 11.6 Å². The first kappa shape index (κ1) is 13.8. The first-order chi connectivity index (χ1) is 4.34. The van der Waals surface area contributed by atoms with Crippen LogP contribution in [-0.4, -0.2) is 30.2 Å². The zero-order chi connectivity index (χ0) is 6.69. The number of hydrogen-bond donors (Lipinski definition) is 0. The van der Waals surface area contributed by atoms with Crippen LogP contribution in [0, 0.1) is 11.9 Å². The second kappa shape index (κ2) is 6.88. The van der Waals surface area contributed by atoms with E-state index in [1.807, 2.05) is 0 Å². The summed E-state index contributed by atoms with van der Waals surface area (Å²) in [6.45, 7) is 0. The van der Waals surface area contributed by atoms with Gasteiger partial charge in [0.05, 0.1) is 7.11 Å². The fraction of sp³-hybridized carbons (Fsp3) is 0.143. The van der Waals surface area contributed by atoms with E-state index in [1.54, 1.807) is 6.07 Å². The van der Waals surface area contributed by atoms with Crippen LogP contribution in [0.2, 0.25) is 0 Å². The Labute approximate surface area is 91.9 Å². The van der Waals surface area contributed by atoms with Gasteiger partial charge in [-0.15, -0.1) is 12.1 Å². The Balaban J connectivity index is 0. The molecule has 1 nitrogen and oxygen atoms in total. The summed E-state index contributed by atoms with van der Waals surface area (Å²) in [7, 11) is 1.43. The van der Waals surface area contributed by atoms with Gasteiger partial charge in [-0.05, 0) is 0 Å². The zero-order valence-corrected chi connectivity index (χ0v) is 9.10. The first-order valence-electron chi connectivity index (χ1n) is 2.54. The van der Waals surface area contributed by atoms with E-state index in [0.29, 0.717) is 0 Å². The van der Waals surface area contributed by atoms with Gasteiger partial charge in [-0.1, -0.05) is 0 Å². The summed E-state index contributed by atoms with van der Waals surface area (Å²) in [6.07, 6.45) is 0. The first-order valence-corrected chi connectivity index (χ1v) is 2.54. The van der Waals surface area contributed by atoms with Crippen molar-refractivity contribution in [3.8, 4) is 5.75 Å². The smallest absolute Gasteiger partial charge is 1.00 e. The molecule has 11 heavy (non-hydrogen) atoms. The molecule has 0 aromatic heterocycles. The van der Waals surface area contributed by atoms with Gasteiger partial charge in [0.1, 0.15) is 0 Å². The van der Waals surface area contributed by atoms with Crippen LogP contribution in [0.4, 0.5) is 4.39 Å². The van der Waals surface area contributed by atoms with Crippen molar-refractivity contribution in [2.75, 3.05) is 7.11 Å². The molecule has 0 heterocycles. The van der Waals surface area contributed by atoms with E-state index in [2.05, 4.69) is 10.8 Å². The average molecular weight is 229 g/mol. The van der Waals surface area contributed by atoms with Crippen molar-refractivity contribution in [3.05, 3.63) is 30.1 Å². The van der Waals surface area contributed by atoms with Crippen LogP contribution < -0.4 is 21.7 Å². The number of methoxy groups -OCH3 is 1. The van der Waals surface area contributed by atoms with E-state index in [0.717, 1.165) is 0 Å². The quantitative estimate of drug-likeness (QED) is 0.410. The van der Waals surface area contributed by atoms with Gasteiger partial charge in [0.2, 0.25) is 0 Å². The van der Waals surface area contributed by atoms with E-state index in [-0.39, 0.29) is 51.6 Å². The fourth-order valence-corrected chi connectivity index (χ4v) is 0.561. The van der Waals surface area contributed by atoms with Gasteiger partial charge in [0.25, 0.3) is 0 Å². The molecule has 1 rings (SSSR count). The van der Waals surface area contributed by atoms with Crippen LogP contribution in [0.15, 0.2) is 18.2 Å². The Morgan fingerprint density at radius 3 is 2.55 bits per heavy atom. The summed E-state index contributed by atoms with van der Waals surface area (Å²) in [4.78, 5) is 0. The molecule has 0 aliphatic carbocycles. The van der Waals surface area contributed by atoms with Gasteiger partial charge >= 0.3 is 23.1 Å². The normalized spacial score (nSPS) is 7.45. The Kier molecular flexibility index (Phi) is 8.61. The van der Waals surface area contributed by atoms with Crippen LogP contribution in [-0.2, 0) is 0 Å². The molecule has 0 aliphatic heterocycles. The molecule has 0 unspecified atom stereocenters. The largest absolute Gasteiger partial charge is 2.00 e. The minimum absolute atomic E-state index is 0. The predicted molar refractivity (Wildman–Crippen MR) is 37.5 cm³/mol. The van der Waals surface area contributed by atoms with Crippen molar-refractivity contribution in [3.63, 3.8) is 0 Å². The number of rotatable bonds is 1. The molecule has 0 saturated heterocycles. The molecule has 0 saturated carbocycles. The van der Waals surface area contributed by atoms with Gasteiger partial charge in [-0.2, -0.15) is 12.1 Å². The zero-order valence-electron chi connectivity index (χ0n) is 6.10. The summed E-state index contributed by atoms with van der Waals surface area (Å²) in [5.74, 6) is -0.117. The molecule has 0 bridgehead atoms. The number of halogens is 2. The van der Waals surface area contributed by atoms with Gasteiger partial charge in [-0.3, -0.25) is 4.39 Å². The van der Waals surface area contributed by atoms with Crippen molar-refractivity contribution in [1.29, 1.82) is 0 Å². The van der Waals surface area contributed by atoms with Crippen molar-refractivity contribution in [1.82, 2.24) is 0 Å². The molecular weight excluding hydrogens is 223 g/mol. The van der Waals surface area contributed by atoms with E-state index < -0.39 is 0 Å². The summed E-state index contributed by atoms with van der Waals surface area (Å²) >= 11 is 0. The van der Waals surface area contributed by atoms with Crippen LogP contribution >= 0.6 is 0 Å². The molecule has 0 amide bonds. The molecule has 0 radical (unpaired) electrons. The standard InChI is InChI=1S/C7H6FO.BrH.Mg/c1-9-7-5-3-2-4-6(7)8;;/h3-5H,1H3;1H;/q-1;;+2/p-1. The van der Waals surface area contributed by atoms with Crippen LogP contribution in [0.5, 0.6) is 5.75 Å². The number of benzene rings is 1. The molecule has 4 heteroatoms. The van der Waals surface area contributed by atoms with Gasteiger partial charge in [-0.25, -0.2) is 0 Å². The second-order valence-corrected chi connectivity index (χ2v) is 1.56. The number of hydrogen-bond acceptors (Lipinski definition) is 1. The van der Waals surface area contributed by atoms with Crippen LogP contribution in [0.3, 0.4) is 0 Å². The summed E-state index contributed by atoms with van der Waals surface area (Å²) in [5, 5.41) is 0. The third-order valence-electron chi connectivity index (χ3n) is 0.996. The van der Waals surface area contributed by atoms with Gasteiger partial charge < -0.3 is 21.7 Å². The molecule has 0 fully saturated rings. The molecule has 0 spiro atoms. The maximum absolute atomic E-state index is 12.4. The molecule has 0 N–H and O–H groups in total.